The number of hydrogen-bond donors (Lipinski definition) is 2. The number of nitrogens with one attached hydrogen (secondary N) is 1. The molecule has 1 heterocycles. The van der Waals surface area contributed by atoms with E-state index < -0.39 is 6.04 Å². The highest BCUT2D eigenvalue weighted by molar-refractivity contribution is 8.14. The fourth-order valence-corrected chi connectivity index (χ4v) is 1.66. The van der Waals surface area contributed by atoms with E-state index in [-0.39, 0.29) is 17.8 Å². The summed E-state index contributed by atoms with van der Waals surface area (Å²) in [6.45, 7) is -0.325. The van der Waals surface area contributed by atoms with Crippen LogP contribution in [0.4, 0.5) is 4.79 Å². The van der Waals surface area contributed by atoms with Crippen LogP contribution in [0.3, 0.4) is 0 Å². The van der Waals surface area contributed by atoms with E-state index in [0.717, 1.165) is 11.8 Å². The van der Waals surface area contributed by atoms with Gasteiger partial charge in [0.15, 0.2) is 0 Å². The number of aliphatic imine (C=N–C) groups is 1. The van der Waals surface area contributed by atoms with Crippen LogP contribution in [0.5, 0.6) is 0 Å². The van der Waals surface area contributed by atoms with Gasteiger partial charge >= 0.3 is 5.24 Å². The second-order valence-corrected chi connectivity index (χ2v) is 4.15. The summed E-state index contributed by atoms with van der Waals surface area (Å²) in [5, 5.41) is 11.5. The number of carbonyl (C=O) groups is 2. The SMILES string of the molecule is CN(C)C(=O)[C@@H](CO)NC1=NC(=O)SC1. The molecule has 0 spiro atoms. The van der Waals surface area contributed by atoms with E-state index in [0.29, 0.717) is 11.6 Å². The van der Waals surface area contributed by atoms with Crippen LogP contribution in [-0.4, -0.2) is 59.5 Å². The molecule has 0 saturated heterocycles. The summed E-state index contributed by atoms with van der Waals surface area (Å²) in [4.78, 5) is 27.3. The Morgan fingerprint density at radius 3 is 2.80 bits per heavy atom. The smallest absolute Gasteiger partial charge is 0.306 e. The number of aliphatic hydroxyl groups is 1. The zero-order chi connectivity index (χ0) is 11.4. The standard InChI is InChI=1S/C8H13N3O3S/c1-11(2)7(13)5(3-12)9-6-4-15-8(14)10-6/h5,12H,3-4H2,1-2H3,(H,9,10,14)/t5-/m1/s1. The number of amides is 2. The molecule has 7 heteroatoms. The van der Waals surface area contributed by atoms with E-state index in [1.807, 2.05) is 0 Å². The summed E-state index contributed by atoms with van der Waals surface area (Å²) in [5.74, 6) is 0.625. The van der Waals surface area contributed by atoms with Crippen molar-refractivity contribution in [2.24, 2.45) is 4.99 Å². The maximum atomic E-state index is 11.5. The third-order valence-electron chi connectivity index (χ3n) is 1.82. The van der Waals surface area contributed by atoms with Gasteiger partial charge in [0.25, 0.3) is 0 Å². The molecule has 1 rings (SSSR count). The van der Waals surface area contributed by atoms with Crippen LogP contribution in [0.15, 0.2) is 4.99 Å². The molecule has 0 aliphatic carbocycles. The van der Waals surface area contributed by atoms with Crippen LogP contribution in [0.25, 0.3) is 0 Å². The van der Waals surface area contributed by atoms with Gasteiger partial charge in [-0.1, -0.05) is 11.8 Å². The van der Waals surface area contributed by atoms with Crippen LogP contribution < -0.4 is 5.32 Å². The lowest BCUT2D eigenvalue weighted by molar-refractivity contribution is -0.131. The van der Waals surface area contributed by atoms with Crippen LogP contribution in [0.2, 0.25) is 0 Å². The van der Waals surface area contributed by atoms with E-state index >= 15 is 0 Å². The Bertz CT molecular complexity index is 304. The molecule has 0 aromatic heterocycles. The lowest BCUT2D eigenvalue weighted by Crippen LogP contribution is -2.48. The molecule has 2 amide bonds. The van der Waals surface area contributed by atoms with E-state index in [2.05, 4.69) is 10.3 Å². The molecule has 15 heavy (non-hydrogen) atoms. The van der Waals surface area contributed by atoms with Crippen molar-refractivity contribution in [1.29, 1.82) is 0 Å². The summed E-state index contributed by atoms with van der Waals surface area (Å²) >= 11 is 1.07. The summed E-state index contributed by atoms with van der Waals surface area (Å²) in [5.41, 5.74) is 0. The van der Waals surface area contributed by atoms with E-state index in [9.17, 15) is 9.59 Å². The van der Waals surface area contributed by atoms with Crippen molar-refractivity contribution in [3.63, 3.8) is 0 Å². The van der Waals surface area contributed by atoms with Gasteiger partial charge in [0.2, 0.25) is 5.91 Å². The topological polar surface area (TPSA) is 82.0 Å². The van der Waals surface area contributed by atoms with Crippen molar-refractivity contribution in [1.82, 2.24) is 10.2 Å². The second kappa shape index (κ2) is 5.13. The predicted octanol–water partition coefficient (Wildman–Crippen LogP) is -0.710. The number of nitrogens with zero attached hydrogens (tertiary/aromatic N) is 2. The van der Waals surface area contributed by atoms with E-state index in [4.69, 9.17) is 5.11 Å². The molecule has 0 unspecified atom stereocenters. The molecule has 1 aliphatic heterocycles. The fourth-order valence-electron chi connectivity index (χ4n) is 1.08. The molecular weight excluding hydrogens is 218 g/mol. The molecule has 0 radical (unpaired) electrons. The molecule has 1 aliphatic rings. The average molecular weight is 231 g/mol. The van der Waals surface area contributed by atoms with Crippen molar-refractivity contribution < 1.29 is 14.7 Å². The molecule has 0 saturated carbocycles. The summed E-state index contributed by atoms with van der Waals surface area (Å²) < 4.78 is 0. The molecule has 0 aromatic carbocycles. The lowest BCUT2D eigenvalue weighted by Gasteiger charge is -2.20. The predicted molar refractivity (Wildman–Crippen MR) is 58.0 cm³/mol. The minimum Gasteiger partial charge on any atom is -0.394 e. The molecule has 0 aromatic rings. The number of amidine groups is 1. The second-order valence-electron chi connectivity index (χ2n) is 3.23. The van der Waals surface area contributed by atoms with Gasteiger partial charge in [-0.05, 0) is 0 Å². The largest absolute Gasteiger partial charge is 0.394 e. The van der Waals surface area contributed by atoms with Gasteiger partial charge in [0.1, 0.15) is 11.9 Å². The van der Waals surface area contributed by atoms with Crippen molar-refractivity contribution in [3.8, 4) is 0 Å². The summed E-state index contributed by atoms with van der Waals surface area (Å²) in [6.07, 6.45) is 0. The number of thioether (sulfide) groups is 1. The van der Waals surface area contributed by atoms with E-state index in [1.165, 1.54) is 4.90 Å². The lowest BCUT2D eigenvalue weighted by atomic mass is 10.3. The van der Waals surface area contributed by atoms with Gasteiger partial charge < -0.3 is 15.3 Å². The maximum Gasteiger partial charge on any atom is 0.306 e. The van der Waals surface area contributed by atoms with Gasteiger partial charge in [0.05, 0.1) is 12.4 Å². The Morgan fingerprint density at radius 2 is 2.40 bits per heavy atom. The first-order valence-corrected chi connectivity index (χ1v) is 5.36. The zero-order valence-corrected chi connectivity index (χ0v) is 9.37. The van der Waals surface area contributed by atoms with Gasteiger partial charge in [-0.25, -0.2) is 0 Å². The normalized spacial score (nSPS) is 17.3. The molecule has 0 bridgehead atoms. The van der Waals surface area contributed by atoms with Gasteiger partial charge in [-0.2, -0.15) is 4.99 Å². The first-order chi connectivity index (χ1) is 7.04. The maximum absolute atomic E-state index is 11.5. The highest BCUT2D eigenvalue weighted by atomic mass is 32.2. The van der Waals surface area contributed by atoms with Crippen LogP contribution in [0.1, 0.15) is 0 Å². The quantitative estimate of drug-likeness (QED) is 0.670. The van der Waals surface area contributed by atoms with Crippen LogP contribution in [0, 0.1) is 0 Å². The third kappa shape index (κ3) is 3.21. The summed E-state index contributed by atoms with van der Waals surface area (Å²) in [6, 6.07) is -0.731. The number of likely N-dealkylation sites (N-methyl/N-ethyl adjacent to an activating group) is 1. The number of aliphatic hydroxyl groups excluding tert-OH is 1. The van der Waals surface area contributed by atoms with Gasteiger partial charge in [0, 0.05) is 14.1 Å². The Kier molecular flexibility index (Phi) is 4.10. The van der Waals surface area contributed by atoms with Crippen LogP contribution >= 0.6 is 11.8 Å². The highest BCUT2D eigenvalue weighted by Gasteiger charge is 2.23. The minimum absolute atomic E-state index is 0.246. The third-order valence-corrected chi connectivity index (χ3v) is 2.58. The van der Waals surface area contributed by atoms with Gasteiger partial charge in [-0.15, -0.1) is 0 Å². The van der Waals surface area contributed by atoms with Crippen LogP contribution in [-0.2, 0) is 4.79 Å². The molecule has 2 N–H and O–H groups in total. The Morgan fingerprint density at radius 1 is 1.73 bits per heavy atom. The Hall–Kier alpha value is -1.08. The monoisotopic (exact) mass is 231 g/mol. The molecular formula is C8H13N3O3S. The highest BCUT2D eigenvalue weighted by Crippen LogP contribution is 2.12. The number of carbonyl (C=O) groups excluding carboxylic acids is 2. The number of hydrogen-bond acceptors (Lipinski definition) is 5. The number of rotatable bonds is 3. The molecule has 0 fully saturated rings. The molecule has 84 valence electrons. The van der Waals surface area contributed by atoms with Gasteiger partial charge in [-0.3, -0.25) is 9.59 Å². The minimum atomic E-state index is -0.731. The average Bonchev–Trinajstić information content (AvgIpc) is 2.59. The molecule has 6 nitrogen and oxygen atoms in total. The zero-order valence-electron chi connectivity index (χ0n) is 8.56. The Labute approximate surface area is 91.7 Å². The first kappa shape index (κ1) is 12.0. The molecule has 1 atom stereocenters. The summed E-state index contributed by atoms with van der Waals surface area (Å²) in [7, 11) is 3.20. The van der Waals surface area contributed by atoms with Crippen molar-refractivity contribution in [2.75, 3.05) is 26.5 Å². The van der Waals surface area contributed by atoms with Crippen molar-refractivity contribution >= 4 is 28.7 Å². The Balaban J connectivity index is 2.58. The van der Waals surface area contributed by atoms with Crippen molar-refractivity contribution in [3.05, 3.63) is 0 Å². The fraction of sp³-hybridized carbons (Fsp3) is 0.625. The van der Waals surface area contributed by atoms with E-state index in [1.54, 1.807) is 14.1 Å². The van der Waals surface area contributed by atoms with Crippen molar-refractivity contribution in [2.45, 2.75) is 6.04 Å². The first-order valence-electron chi connectivity index (χ1n) is 4.37.